The highest BCUT2D eigenvalue weighted by Gasteiger charge is 2.04. The summed E-state index contributed by atoms with van der Waals surface area (Å²) in [5.74, 6) is 0. The average molecular weight is 296 g/mol. The van der Waals surface area contributed by atoms with Crippen LogP contribution in [0.15, 0.2) is 48.5 Å². The number of amides is 2. The van der Waals surface area contributed by atoms with Crippen LogP contribution in [-0.2, 0) is 6.42 Å². The third-order valence-corrected chi connectivity index (χ3v) is 3.87. The number of aryl methyl sites for hydroxylation is 2. The van der Waals surface area contributed by atoms with E-state index in [0.29, 0.717) is 6.54 Å². The Morgan fingerprint density at radius 2 is 1.73 bits per heavy atom. The number of unbranched alkanes of at least 4 members (excludes halogenated alkanes) is 1. The highest BCUT2D eigenvalue weighted by atomic mass is 16.2. The molecule has 0 radical (unpaired) electrons. The van der Waals surface area contributed by atoms with E-state index in [2.05, 4.69) is 34.9 Å². The van der Waals surface area contributed by atoms with Gasteiger partial charge in [0, 0.05) is 12.2 Å². The molecule has 2 amide bonds. The number of hydrogen-bond donors (Lipinski definition) is 2. The van der Waals surface area contributed by atoms with Crippen LogP contribution in [0, 0.1) is 13.8 Å². The lowest BCUT2D eigenvalue weighted by Gasteiger charge is -2.11. The molecule has 0 saturated carbocycles. The molecule has 0 atom stereocenters. The summed E-state index contributed by atoms with van der Waals surface area (Å²) in [6.07, 6.45) is 3.12. The van der Waals surface area contributed by atoms with E-state index >= 15 is 0 Å². The first-order valence-electron chi connectivity index (χ1n) is 7.82. The largest absolute Gasteiger partial charge is 0.338 e. The second-order valence-corrected chi connectivity index (χ2v) is 5.57. The molecule has 2 aromatic carbocycles. The van der Waals surface area contributed by atoms with Crippen LogP contribution in [0.1, 0.15) is 29.5 Å². The number of carbonyl (C=O) groups is 1. The molecule has 0 fully saturated rings. The summed E-state index contributed by atoms with van der Waals surface area (Å²) in [7, 11) is 0. The van der Waals surface area contributed by atoms with Gasteiger partial charge in [-0.15, -0.1) is 0 Å². The SMILES string of the molecule is Cc1cccc(NC(=O)NCCCCc2ccccc2)c1C. The number of rotatable bonds is 6. The van der Waals surface area contributed by atoms with Crippen molar-refractivity contribution >= 4 is 11.7 Å². The number of benzene rings is 2. The summed E-state index contributed by atoms with van der Waals surface area (Å²) in [6.45, 7) is 4.76. The van der Waals surface area contributed by atoms with E-state index in [4.69, 9.17) is 0 Å². The van der Waals surface area contributed by atoms with Crippen LogP contribution in [0.3, 0.4) is 0 Å². The maximum Gasteiger partial charge on any atom is 0.319 e. The first kappa shape index (κ1) is 16.1. The van der Waals surface area contributed by atoms with Gasteiger partial charge in [0.15, 0.2) is 0 Å². The normalized spacial score (nSPS) is 10.3. The lowest BCUT2D eigenvalue weighted by molar-refractivity contribution is 0.252. The Morgan fingerprint density at radius 1 is 0.955 bits per heavy atom. The summed E-state index contributed by atoms with van der Waals surface area (Å²) >= 11 is 0. The Morgan fingerprint density at radius 3 is 2.50 bits per heavy atom. The summed E-state index contributed by atoms with van der Waals surface area (Å²) < 4.78 is 0. The van der Waals surface area contributed by atoms with Crippen molar-refractivity contribution in [2.45, 2.75) is 33.1 Å². The Kier molecular flexibility index (Phi) is 6.01. The van der Waals surface area contributed by atoms with E-state index in [-0.39, 0.29) is 6.03 Å². The third kappa shape index (κ3) is 4.92. The van der Waals surface area contributed by atoms with E-state index in [0.717, 1.165) is 30.5 Å². The third-order valence-electron chi connectivity index (χ3n) is 3.87. The molecule has 0 aromatic heterocycles. The topological polar surface area (TPSA) is 41.1 Å². The molecule has 0 heterocycles. The van der Waals surface area contributed by atoms with Gasteiger partial charge in [0.1, 0.15) is 0 Å². The van der Waals surface area contributed by atoms with Crippen LogP contribution < -0.4 is 10.6 Å². The lowest BCUT2D eigenvalue weighted by atomic mass is 10.1. The summed E-state index contributed by atoms with van der Waals surface area (Å²) in [5, 5.41) is 5.82. The molecule has 0 bridgehead atoms. The maximum atomic E-state index is 11.9. The number of anilines is 1. The molecular weight excluding hydrogens is 272 g/mol. The van der Waals surface area contributed by atoms with E-state index in [1.54, 1.807) is 0 Å². The Balaban J connectivity index is 1.67. The second kappa shape index (κ2) is 8.23. The van der Waals surface area contributed by atoms with Gasteiger partial charge >= 0.3 is 6.03 Å². The zero-order valence-electron chi connectivity index (χ0n) is 13.4. The molecule has 116 valence electrons. The fraction of sp³-hybridized carbons (Fsp3) is 0.316. The predicted molar refractivity (Wildman–Crippen MR) is 92.3 cm³/mol. The van der Waals surface area contributed by atoms with Crippen LogP contribution in [-0.4, -0.2) is 12.6 Å². The van der Waals surface area contributed by atoms with E-state index in [1.807, 2.05) is 38.1 Å². The summed E-state index contributed by atoms with van der Waals surface area (Å²) in [5.41, 5.74) is 4.52. The highest BCUT2D eigenvalue weighted by Crippen LogP contribution is 2.17. The smallest absolute Gasteiger partial charge is 0.319 e. The standard InChI is InChI=1S/C19H24N2O/c1-15-9-8-13-18(16(15)2)21-19(22)20-14-7-6-12-17-10-4-3-5-11-17/h3-5,8-11,13H,6-7,12,14H2,1-2H3,(H2,20,21,22). The monoisotopic (exact) mass is 296 g/mol. The Bertz CT molecular complexity index is 608. The molecule has 0 saturated heterocycles. The van der Waals surface area contributed by atoms with Gasteiger partial charge in [0.05, 0.1) is 0 Å². The molecule has 2 aromatic rings. The minimum atomic E-state index is -0.131. The fourth-order valence-electron chi connectivity index (χ4n) is 2.35. The maximum absolute atomic E-state index is 11.9. The lowest BCUT2D eigenvalue weighted by Crippen LogP contribution is -2.29. The van der Waals surface area contributed by atoms with Crippen molar-refractivity contribution in [2.24, 2.45) is 0 Å². The second-order valence-electron chi connectivity index (χ2n) is 5.57. The first-order chi connectivity index (χ1) is 10.7. The van der Waals surface area contributed by atoms with Gasteiger partial charge in [-0.25, -0.2) is 4.79 Å². The molecule has 2 N–H and O–H groups in total. The average Bonchev–Trinajstić information content (AvgIpc) is 2.52. The summed E-state index contributed by atoms with van der Waals surface area (Å²) in [4.78, 5) is 11.9. The molecule has 0 unspecified atom stereocenters. The van der Waals surface area contributed by atoms with Crippen LogP contribution in [0.4, 0.5) is 10.5 Å². The van der Waals surface area contributed by atoms with Crippen molar-refractivity contribution in [1.29, 1.82) is 0 Å². The van der Waals surface area contributed by atoms with Crippen molar-refractivity contribution in [3.63, 3.8) is 0 Å². The zero-order valence-corrected chi connectivity index (χ0v) is 13.4. The Labute approximate surface area is 132 Å². The first-order valence-corrected chi connectivity index (χ1v) is 7.82. The predicted octanol–water partition coefficient (Wildman–Crippen LogP) is 4.45. The number of carbonyl (C=O) groups excluding carboxylic acids is 1. The van der Waals surface area contributed by atoms with Crippen molar-refractivity contribution in [3.8, 4) is 0 Å². The zero-order chi connectivity index (χ0) is 15.8. The summed E-state index contributed by atoms with van der Waals surface area (Å²) in [6, 6.07) is 16.2. The molecule has 22 heavy (non-hydrogen) atoms. The molecule has 0 aliphatic heterocycles. The minimum Gasteiger partial charge on any atom is -0.338 e. The van der Waals surface area contributed by atoms with E-state index < -0.39 is 0 Å². The molecule has 0 spiro atoms. The van der Waals surface area contributed by atoms with Gasteiger partial charge in [-0.3, -0.25) is 0 Å². The van der Waals surface area contributed by atoms with Gasteiger partial charge in [0.2, 0.25) is 0 Å². The van der Waals surface area contributed by atoms with Crippen LogP contribution >= 0.6 is 0 Å². The van der Waals surface area contributed by atoms with Crippen molar-refractivity contribution in [1.82, 2.24) is 5.32 Å². The molecule has 3 heteroatoms. The van der Waals surface area contributed by atoms with Crippen molar-refractivity contribution < 1.29 is 4.79 Å². The fourth-order valence-corrected chi connectivity index (χ4v) is 2.35. The highest BCUT2D eigenvalue weighted by molar-refractivity contribution is 5.90. The van der Waals surface area contributed by atoms with Gasteiger partial charge in [-0.1, -0.05) is 42.5 Å². The van der Waals surface area contributed by atoms with Gasteiger partial charge in [0.25, 0.3) is 0 Å². The van der Waals surface area contributed by atoms with Crippen LogP contribution in [0.5, 0.6) is 0 Å². The van der Waals surface area contributed by atoms with Crippen molar-refractivity contribution in [2.75, 3.05) is 11.9 Å². The van der Waals surface area contributed by atoms with E-state index in [9.17, 15) is 4.79 Å². The van der Waals surface area contributed by atoms with Gasteiger partial charge in [-0.2, -0.15) is 0 Å². The van der Waals surface area contributed by atoms with E-state index in [1.165, 1.54) is 11.1 Å². The molecule has 0 aliphatic rings. The van der Waals surface area contributed by atoms with Crippen LogP contribution in [0.25, 0.3) is 0 Å². The molecule has 0 aliphatic carbocycles. The number of nitrogens with one attached hydrogen (secondary N) is 2. The number of hydrogen-bond acceptors (Lipinski definition) is 1. The minimum absolute atomic E-state index is 0.131. The number of urea groups is 1. The quantitative estimate of drug-likeness (QED) is 0.760. The molecule has 3 nitrogen and oxygen atoms in total. The van der Waals surface area contributed by atoms with Crippen LogP contribution in [0.2, 0.25) is 0 Å². The molecule has 2 rings (SSSR count). The van der Waals surface area contributed by atoms with Gasteiger partial charge in [-0.05, 0) is 55.9 Å². The Hall–Kier alpha value is -2.29. The molecular formula is C19H24N2O. The van der Waals surface area contributed by atoms with Crippen molar-refractivity contribution in [3.05, 3.63) is 65.2 Å². The van der Waals surface area contributed by atoms with Gasteiger partial charge < -0.3 is 10.6 Å².